The van der Waals surface area contributed by atoms with Gasteiger partial charge in [-0.05, 0) is 24.1 Å². The van der Waals surface area contributed by atoms with Gasteiger partial charge in [-0.1, -0.05) is 19.1 Å². The van der Waals surface area contributed by atoms with Crippen LogP contribution in [0, 0.1) is 5.82 Å². The van der Waals surface area contributed by atoms with Gasteiger partial charge in [-0.15, -0.1) is 0 Å². The highest BCUT2D eigenvalue weighted by Crippen LogP contribution is 2.05. The molecule has 114 valence electrons. The minimum Gasteiger partial charge on any atom is -0.368 e. The van der Waals surface area contributed by atoms with Gasteiger partial charge in [0, 0.05) is 12.8 Å². The number of hydrogen-bond donors (Lipinski definition) is 2. The molecule has 0 bridgehead atoms. The average Bonchev–Trinajstić information content (AvgIpc) is 2.42. The van der Waals surface area contributed by atoms with Gasteiger partial charge in [-0.25, -0.2) is 4.39 Å². The second-order valence-electron chi connectivity index (χ2n) is 4.76. The maximum Gasteiger partial charge on any atom is 0.240 e. The second kappa shape index (κ2) is 8.14. The normalized spacial score (nSPS) is 11.7. The quantitative estimate of drug-likeness (QED) is 0.752. The van der Waals surface area contributed by atoms with Crippen LogP contribution >= 0.6 is 0 Å². The first-order chi connectivity index (χ1) is 9.92. The van der Waals surface area contributed by atoms with Crippen LogP contribution < -0.4 is 11.1 Å². The van der Waals surface area contributed by atoms with E-state index < -0.39 is 23.7 Å². The van der Waals surface area contributed by atoms with E-state index >= 15 is 0 Å². The lowest BCUT2D eigenvalue weighted by Gasteiger charge is -2.15. The van der Waals surface area contributed by atoms with Gasteiger partial charge in [0.15, 0.2) is 0 Å². The molecule has 0 aliphatic carbocycles. The highest BCUT2D eigenvalue weighted by atomic mass is 19.1. The molecule has 21 heavy (non-hydrogen) atoms. The van der Waals surface area contributed by atoms with Gasteiger partial charge >= 0.3 is 0 Å². The molecule has 0 spiro atoms. The Hall–Kier alpha value is -2.24. The molecule has 0 unspecified atom stereocenters. The molecule has 0 aliphatic heterocycles. The molecular weight excluding hydrogens is 275 g/mol. The molecule has 0 aromatic heterocycles. The molecule has 0 aliphatic rings. The van der Waals surface area contributed by atoms with E-state index in [2.05, 4.69) is 5.32 Å². The lowest BCUT2D eigenvalue weighted by Crippen LogP contribution is -2.45. The van der Waals surface area contributed by atoms with Gasteiger partial charge in [0.05, 0.1) is 6.42 Å². The lowest BCUT2D eigenvalue weighted by atomic mass is 10.1. The Bertz CT molecular complexity index is 531. The first-order valence-electron chi connectivity index (χ1n) is 6.77. The van der Waals surface area contributed by atoms with Gasteiger partial charge in [0.1, 0.15) is 17.6 Å². The number of halogens is 1. The molecule has 0 fully saturated rings. The molecular formula is C15H19FN2O3. The summed E-state index contributed by atoms with van der Waals surface area (Å²) in [5, 5.41) is 2.48. The van der Waals surface area contributed by atoms with Gasteiger partial charge < -0.3 is 11.1 Å². The van der Waals surface area contributed by atoms with Crippen LogP contribution in [0.15, 0.2) is 24.3 Å². The molecule has 1 rings (SSSR count). The van der Waals surface area contributed by atoms with Gasteiger partial charge in [0.2, 0.25) is 11.8 Å². The summed E-state index contributed by atoms with van der Waals surface area (Å²) in [6.07, 6.45) is 0.688. The summed E-state index contributed by atoms with van der Waals surface area (Å²) in [5.74, 6) is -1.55. The number of nitrogens with one attached hydrogen (secondary N) is 1. The van der Waals surface area contributed by atoms with Crippen LogP contribution in [0.25, 0.3) is 0 Å². The van der Waals surface area contributed by atoms with Crippen LogP contribution in [0.3, 0.4) is 0 Å². The Kier molecular flexibility index (Phi) is 6.52. The number of benzene rings is 1. The highest BCUT2D eigenvalue weighted by molar-refractivity contribution is 5.88. The van der Waals surface area contributed by atoms with Gasteiger partial charge in [-0.2, -0.15) is 0 Å². The van der Waals surface area contributed by atoms with Crippen molar-refractivity contribution >= 4 is 17.6 Å². The number of rotatable bonds is 8. The molecule has 1 aromatic rings. The van der Waals surface area contributed by atoms with Crippen molar-refractivity contribution in [3.63, 3.8) is 0 Å². The average molecular weight is 294 g/mol. The van der Waals surface area contributed by atoms with E-state index in [-0.39, 0.29) is 25.0 Å². The Balaban J connectivity index is 2.56. The zero-order chi connectivity index (χ0) is 15.8. The van der Waals surface area contributed by atoms with Gasteiger partial charge in [0.25, 0.3) is 0 Å². The summed E-state index contributed by atoms with van der Waals surface area (Å²) in [6.45, 7) is 1.73. The predicted octanol–water partition coefficient (Wildman–Crippen LogP) is 1.10. The Morgan fingerprint density at radius 1 is 1.33 bits per heavy atom. The first kappa shape index (κ1) is 16.8. The van der Waals surface area contributed by atoms with Crippen molar-refractivity contribution in [3.8, 4) is 0 Å². The monoisotopic (exact) mass is 294 g/mol. The minimum absolute atomic E-state index is 0.000583. The topological polar surface area (TPSA) is 89.3 Å². The van der Waals surface area contributed by atoms with Crippen molar-refractivity contribution in [3.05, 3.63) is 35.6 Å². The number of carbonyl (C=O) groups excluding carboxylic acids is 3. The molecule has 5 nitrogen and oxygen atoms in total. The maximum atomic E-state index is 13.0. The van der Waals surface area contributed by atoms with E-state index in [9.17, 15) is 18.8 Å². The maximum absolute atomic E-state index is 13.0. The zero-order valence-electron chi connectivity index (χ0n) is 11.9. The minimum atomic E-state index is -0.887. The molecule has 6 heteroatoms. The SMILES string of the molecule is CCC(=O)CC[C@H](NC(=O)Cc1cccc(F)c1)C(N)=O. The summed E-state index contributed by atoms with van der Waals surface area (Å²) < 4.78 is 13.0. The Morgan fingerprint density at radius 3 is 2.62 bits per heavy atom. The zero-order valence-corrected chi connectivity index (χ0v) is 11.9. The van der Waals surface area contributed by atoms with E-state index in [1.54, 1.807) is 13.0 Å². The van der Waals surface area contributed by atoms with Crippen LogP contribution in [0.2, 0.25) is 0 Å². The molecule has 0 saturated carbocycles. The van der Waals surface area contributed by atoms with Crippen molar-refractivity contribution in [2.75, 3.05) is 0 Å². The Labute approximate surface area is 122 Å². The summed E-state index contributed by atoms with van der Waals surface area (Å²) >= 11 is 0. The number of hydrogen-bond acceptors (Lipinski definition) is 3. The van der Waals surface area contributed by atoms with Crippen molar-refractivity contribution in [2.24, 2.45) is 5.73 Å². The molecule has 1 aromatic carbocycles. The van der Waals surface area contributed by atoms with Crippen molar-refractivity contribution < 1.29 is 18.8 Å². The van der Waals surface area contributed by atoms with E-state index in [1.807, 2.05) is 0 Å². The number of ketones is 1. The molecule has 2 amide bonds. The van der Waals surface area contributed by atoms with Crippen LogP contribution in [0.5, 0.6) is 0 Å². The van der Waals surface area contributed by atoms with Crippen LogP contribution in [-0.4, -0.2) is 23.6 Å². The van der Waals surface area contributed by atoms with E-state index in [4.69, 9.17) is 5.73 Å². The number of Topliss-reactive ketones (excluding diaryl/α,β-unsaturated/α-hetero) is 1. The van der Waals surface area contributed by atoms with E-state index in [1.165, 1.54) is 18.2 Å². The fraction of sp³-hybridized carbons (Fsp3) is 0.400. The first-order valence-corrected chi connectivity index (χ1v) is 6.77. The third-order valence-electron chi connectivity index (χ3n) is 3.04. The third kappa shape index (κ3) is 6.16. The summed E-state index contributed by atoms with van der Waals surface area (Å²) in [7, 11) is 0. The number of nitrogens with two attached hydrogens (primary N) is 1. The number of amides is 2. The highest BCUT2D eigenvalue weighted by Gasteiger charge is 2.19. The number of primary amides is 1. The van der Waals surface area contributed by atoms with Gasteiger partial charge in [-0.3, -0.25) is 14.4 Å². The molecule has 3 N–H and O–H groups in total. The number of carbonyl (C=O) groups is 3. The van der Waals surface area contributed by atoms with E-state index in [0.29, 0.717) is 12.0 Å². The molecule has 0 heterocycles. The molecule has 1 atom stereocenters. The summed E-state index contributed by atoms with van der Waals surface area (Å²) in [6, 6.07) is 4.76. The Morgan fingerprint density at radius 2 is 2.05 bits per heavy atom. The molecule has 0 saturated heterocycles. The van der Waals surface area contributed by atoms with Crippen LogP contribution in [0.4, 0.5) is 4.39 Å². The van der Waals surface area contributed by atoms with Crippen molar-refractivity contribution in [1.29, 1.82) is 0 Å². The largest absolute Gasteiger partial charge is 0.368 e. The summed E-state index contributed by atoms with van der Waals surface area (Å²) in [4.78, 5) is 34.4. The van der Waals surface area contributed by atoms with Crippen molar-refractivity contribution in [2.45, 2.75) is 38.6 Å². The lowest BCUT2D eigenvalue weighted by molar-refractivity contribution is -0.127. The van der Waals surface area contributed by atoms with Crippen LogP contribution in [-0.2, 0) is 20.8 Å². The standard InChI is InChI=1S/C15H19FN2O3/c1-2-12(19)6-7-13(15(17)21)18-14(20)9-10-4-3-5-11(16)8-10/h3-5,8,13H,2,6-7,9H2,1H3,(H2,17,21)(H,18,20)/t13-/m0/s1. The summed E-state index contributed by atoms with van der Waals surface area (Å²) in [5.41, 5.74) is 5.71. The third-order valence-corrected chi connectivity index (χ3v) is 3.04. The van der Waals surface area contributed by atoms with Crippen molar-refractivity contribution in [1.82, 2.24) is 5.32 Å². The fourth-order valence-electron chi connectivity index (χ4n) is 1.85. The smallest absolute Gasteiger partial charge is 0.240 e. The predicted molar refractivity (Wildman–Crippen MR) is 75.8 cm³/mol. The molecule has 0 radical (unpaired) electrons. The second-order valence-corrected chi connectivity index (χ2v) is 4.76. The fourth-order valence-corrected chi connectivity index (χ4v) is 1.85. The van der Waals surface area contributed by atoms with E-state index in [0.717, 1.165) is 0 Å². The van der Waals surface area contributed by atoms with Crippen LogP contribution in [0.1, 0.15) is 31.7 Å².